The molecule has 26 heavy (non-hydrogen) atoms. The van der Waals surface area contributed by atoms with E-state index in [0.717, 1.165) is 39.6 Å². The Bertz CT molecular complexity index is 980. The maximum absolute atomic E-state index is 11.2. The lowest BCUT2D eigenvalue weighted by Crippen LogP contribution is -2.13. The first-order valence-corrected chi connectivity index (χ1v) is 11.6. The summed E-state index contributed by atoms with van der Waals surface area (Å²) in [7, 11) is 0. The number of hydrogen-bond acceptors (Lipinski definition) is 7. The van der Waals surface area contributed by atoms with Crippen LogP contribution in [0.3, 0.4) is 0 Å². The second-order valence-corrected chi connectivity index (χ2v) is 9.64. The SMILES string of the molecule is CCCSc1nc2sc3c(c2c2nnc(SCC(N)=O)n12)[C@@H](C)CCC3. The van der Waals surface area contributed by atoms with Gasteiger partial charge in [-0.3, -0.25) is 4.79 Å². The summed E-state index contributed by atoms with van der Waals surface area (Å²) in [6.07, 6.45) is 4.63. The third kappa shape index (κ3) is 3.10. The van der Waals surface area contributed by atoms with Gasteiger partial charge in [0, 0.05) is 10.6 Å². The Balaban J connectivity index is 1.95. The zero-order valence-corrected chi connectivity index (χ0v) is 17.3. The molecule has 0 spiro atoms. The van der Waals surface area contributed by atoms with Gasteiger partial charge in [0.15, 0.2) is 16.0 Å². The van der Waals surface area contributed by atoms with E-state index in [4.69, 9.17) is 10.7 Å². The van der Waals surface area contributed by atoms with Crippen molar-refractivity contribution in [3.05, 3.63) is 10.4 Å². The average Bonchev–Trinajstić information content (AvgIpc) is 3.19. The van der Waals surface area contributed by atoms with E-state index < -0.39 is 0 Å². The third-order valence-corrected chi connectivity index (χ3v) is 7.82. The lowest BCUT2D eigenvalue weighted by Gasteiger charge is -2.18. The molecule has 0 aliphatic heterocycles. The van der Waals surface area contributed by atoms with Crippen LogP contribution in [-0.4, -0.2) is 37.0 Å². The lowest BCUT2D eigenvalue weighted by atomic mass is 9.87. The largest absolute Gasteiger partial charge is 0.369 e. The van der Waals surface area contributed by atoms with Crippen LogP contribution in [0.25, 0.3) is 15.9 Å². The van der Waals surface area contributed by atoms with Crippen molar-refractivity contribution in [2.45, 2.75) is 55.8 Å². The quantitative estimate of drug-likeness (QED) is 0.493. The number of carbonyl (C=O) groups is 1. The normalized spacial score (nSPS) is 17.1. The number of thiophene rings is 1. The van der Waals surface area contributed by atoms with Gasteiger partial charge in [-0.2, -0.15) is 0 Å². The van der Waals surface area contributed by atoms with Crippen LogP contribution < -0.4 is 5.73 Å². The smallest absolute Gasteiger partial charge is 0.227 e. The van der Waals surface area contributed by atoms with Gasteiger partial charge in [-0.25, -0.2) is 9.38 Å². The molecular formula is C17H21N5OS3. The van der Waals surface area contributed by atoms with Gasteiger partial charge in [0.1, 0.15) is 4.83 Å². The molecule has 1 atom stereocenters. The van der Waals surface area contributed by atoms with Gasteiger partial charge in [-0.05, 0) is 37.2 Å². The van der Waals surface area contributed by atoms with Crippen molar-refractivity contribution < 1.29 is 4.79 Å². The summed E-state index contributed by atoms with van der Waals surface area (Å²) in [6, 6.07) is 0. The first kappa shape index (κ1) is 18.1. The van der Waals surface area contributed by atoms with Crippen molar-refractivity contribution >= 4 is 56.6 Å². The maximum Gasteiger partial charge on any atom is 0.227 e. The molecular weight excluding hydrogens is 386 g/mol. The first-order valence-electron chi connectivity index (χ1n) is 8.84. The predicted octanol–water partition coefficient (Wildman–Crippen LogP) is 3.86. The fraction of sp³-hybridized carbons (Fsp3) is 0.529. The highest BCUT2D eigenvalue weighted by molar-refractivity contribution is 8.00. The van der Waals surface area contributed by atoms with Crippen LogP contribution in [0.2, 0.25) is 0 Å². The molecule has 3 aromatic heterocycles. The van der Waals surface area contributed by atoms with Crippen LogP contribution in [0.5, 0.6) is 0 Å². The minimum atomic E-state index is -0.356. The minimum Gasteiger partial charge on any atom is -0.369 e. The Morgan fingerprint density at radius 2 is 2.19 bits per heavy atom. The zero-order valence-electron chi connectivity index (χ0n) is 14.8. The molecule has 2 N–H and O–H groups in total. The van der Waals surface area contributed by atoms with Gasteiger partial charge in [0.25, 0.3) is 0 Å². The van der Waals surface area contributed by atoms with Gasteiger partial charge < -0.3 is 5.73 Å². The minimum absolute atomic E-state index is 0.189. The van der Waals surface area contributed by atoms with E-state index in [9.17, 15) is 4.79 Å². The molecule has 4 rings (SSSR count). The Kier molecular flexibility index (Phi) is 5.11. The molecule has 3 heterocycles. The Labute approximate surface area is 164 Å². The van der Waals surface area contributed by atoms with E-state index in [1.807, 2.05) is 4.40 Å². The molecule has 6 nitrogen and oxygen atoms in total. The number of nitrogens with two attached hydrogens (primary N) is 1. The van der Waals surface area contributed by atoms with E-state index in [0.29, 0.717) is 11.1 Å². The second kappa shape index (κ2) is 7.36. The highest BCUT2D eigenvalue weighted by atomic mass is 32.2. The van der Waals surface area contributed by atoms with E-state index in [1.165, 1.54) is 35.0 Å². The summed E-state index contributed by atoms with van der Waals surface area (Å²) in [6.45, 7) is 4.45. The number of aromatic nitrogens is 4. The fourth-order valence-electron chi connectivity index (χ4n) is 3.45. The summed E-state index contributed by atoms with van der Waals surface area (Å²) in [5.74, 6) is 1.33. The number of thioether (sulfide) groups is 2. The molecule has 0 radical (unpaired) electrons. The highest BCUT2D eigenvalue weighted by Crippen LogP contribution is 2.44. The molecule has 0 unspecified atom stereocenters. The summed E-state index contributed by atoms with van der Waals surface area (Å²) < 4.78 is 2.02. The lowest BCUT2D eigenvalue weighted by molar-refractivity contribution is -0.115. The monoisotopic (exact) mass is 407 g/mol. The summed E-state index contributed by atoms with van der Waals surface area (Å²) >= 11 is 4.85. The highest BCUT2D eigenvalue weighted by Gasteiger charge is 2.27. The molecule has 0 saturated heterocycles. The van der Waals surface area contributed by atoms with Gasteiger partial charge in [-0.15, -0.1) is 21.5 Å². The fourth-order valence-corrected chi connectivity index (χ4v) is 6.41. The number of hydrogen-bond donors (Lipinski definition) is 1. The topological polar surface area (TPSA) is 86.2 Å². The van der Waals surface area contributed by atoms with E-state index in [-0.39, 0.29) is 11.7 Å². The van der Waals surface area contributed by atoms with Gasteiger partial charge in [0.05, 0.1) is 11.1 Å². The number of carbonyl (C=O) groups excluding carboxylic acids is 1. The van der Waals surface area contributed by atoms with Crippen molar-refractivity contribution in [3.8, 4) is 0 Å². The number of nitrogens with zero attached hydrogens (tertiary/aromatic N) is 4. The number of fused-ring (bicyclic) bond motifs is 5. The van der Waals surface area contributed by atoms with Gasteiger partial charge >= 0.3 is 0 Å². The standard InChI is InChI=1S/C17H21N5OS3/c1-3-7-24-16-19-15-13(12-9(2)5-4-6-10(12)26-15)14-20-21-17(22(14)16)25-8-11(18)23/h9H,3-8H2,1-2H3,(H2,18,23)/t9-/m0/s1. The van der Waals surface area contributed by atoms with Crippen LogP contribution in [0.4, 0.5) is 0 Å². The number of primary amides is 1. The van der Waals surface area contributed by atoms with Crippen LogP contribution in [0, 0.1) is 0 Å². The van der Waals surface area contributed by atoms with Crippen molar-refractivity contribution in [1.82, 2.24) is 19.6 Å². The molecule has 0 aromatic carbocycles. The van der Waals surface area contributed by atoms with E-state index in [2.05, 4.69) is 24.0 Å². The number of aryl methyl sites for hydroxylation is 1. The molecule has 0 saturated carbocycles. The van der Waals surface area contributed by atoms with Gasteiger partial charge in [0.2, 0.25) is 5.91 Å². The van der Waals surface area contributed by atoms with E-state index >= 15 is 0 Å². The van der Waals surface area contributed by atoms with Crippen molar-refractivity contribution in [3.63, 3.8) is 0 Å². The predicted molar refractivity (Wildman–Crippen MR) is 108 cm³/mol. The summed E-state index contributed by atoms with van der Waals surface area (Å²) in [5.41, 5.74) is 7.59. The maximum atomic E-state index is 11.2. The molecule has 0 bridgehead atoms. The van der Waals surface area contributed by atoms with E-state index in [1.54, 1.807) is 23.1 Å². The molecule has 0 fully saturated rings. The second-order valence-electron chi connectivity index (χ2n) is 6.55. The first-order chi connectivity index (χ1) is 12.6. The average molecular weight is 408 g/mol. The van der Waals surface area contributed by atoms with Crippen molar-refractivity contribution in [1.29, 1.82) is 0 Å². The third-order valence-electron chi connectivity index (χ3n) is 4.56. The molecule has 9 heteroatoms. The number of rotatable bonds is 6. The summed E-state index contributed by atoms with van der Waals surface area (Å²) in [5, 5.41) is 11.6. The molecule has 3 aromatic rings. The molecule has 1 aliphatic carbocycles. The van der Waals surface area contributed by atoms with Crippen LogP contribution >= 0.6 is 34.9 Å². The van der Waals surface area contributed by atoms with Crippen LogP contribution in [-0.2, 0) is 11.2 Å². The Morgan fingerprint density at radius 3 is 2.96 bits per heavy atom. The Hall–Kier alpha value is -1.32. The molecule has 1 amide bonds. The molecule has 1 aliphatic rings. The Morgan fingerprint density at radius 1 is 1.35 bits per heavy atom. The van der Waals surface area contributed by atoms with Crippen molar-refractivity contribution in [2.24, 2.45) is 5.73 Å². The van der Waals surface area contributed by atoms with Crippen LogP contribution in [0.15, 0.2) is 10.3 Å². The number of amides is 1. The van der Waals surface area contributed by atoms with Crippen molar-refractivity contribution in [2.75, 3.05) is 11.5 Å². The molecule has 138 valence electrons. The zero-order chi connectivity index (χ0) is 18.3. The summed E-state index contributed by atoms with van der Waals surface area (Å²) in [4.78, 5) is 18.7. The van der Waals surface area contributed by atoms with Gasteiger partial charge in [-0.1, -0.05) is 37.4 Å². The van der Waals surface area contributed by atoms with Crippen LogP contribution in [0.1, 0.15) is 49.5 Å².